The van der Waals surface area contributed by atoms with Crippen LogP contribution >= 0.6 is 0 Å². The Kier molecular flexibility index (Phi) is 5.54. The first-order valence-electron chi connectivity index (χ1n) is 8.18. The first kappa shape index (κ1) is 16.9. The number of carbonyl (C=O) groups excluding carboxylic acids is 1. The van der Waals surface area contributed by atoms with E-state index in [2.05, 4.69) is 41.6 Å². The number of aldehydes is 1. The summed E-state index contributed by atoms with van der Waals surface area (Å²) in [6.45, 7) is 0. The van der Waals surface area contributed by atoms with Gasteiger partial charge in [-0.2, -0.15) is 0 Å². The predicted molar refractivity (Wildman–Crippen MR) is 104 cm³/mol. The highest BCUT2D eigenvalue weighted by Crippen LogP contribution is 2.10. The quantitative estimate of drug-likeness (QED) is 0.217. The fourth-order valence-electron chi connectivity index (χ4n) is 2.88. The van der Waals surface area contributed by atoms with Crippen LogP contribution in [0.4, 0.5) is 0 Å². The van der Waals surface area contributed by atoms with Crippen LogP contribution in [-0.4, -0.2) is 20.8 Å². The Hall–Kier alpha value is -2.98. The lowest BCUT2D eigenvalue weighted by molar-refractivity contribution is -0.106. The second-order valence-corrected chi connectivity index (χ2v) is 8.84. The standard InChI is InChI=1S/C21H19NO2Si/c23-18-10-17-22-24-25(19-11-4-1-5-12-19,20-13-6-2-7-14-20)21-15-8-3-9-16-21/h1-9,11-18H,10H2. The van der Waals surface area contributed by atoms with Gasteiger partial charge in [-0.25, -0.2) is 0 Å². The highest BCUT2D eigenvalue weighted by molar-refractivity contribution is 7.07. The largest absolute Gasteiger partial charge is 0.438 e. The van der Waals surface area contributed by atoms with Crippen LogP contribution in [0.3, 0.4) is 0 Å². The molecule has 124 valence electrons. The van der Waals surface area contributed by atoms with E-state index in [1.807, 2.05) is 54.6 Å². The molecule has 3 aromatic rings. The van der Waals surface area contributed by atoms with Crippen molar-refractivity contribution >= 4 is 36.4 Å². The highest BCUT2D eigenvalue weighted by atomic mass is 28.4. The maximum absolute atomic E-state index is 10.6. The zero-order valence-electron chi connectivity index (χ0n) is 13.8. The molecule has 0 saturated heterocycles. The Labute approximate surface area is 148 Å². The summed E-state index contributed by atoms with van der Waals surface area (Å²) in [4.78, 5) is 10.6. The molecule has 3 nitrogen and oxygen atoms in total. The van der Waals surface area contributed by atoms with E-state index in [-0.39, 0.29) is 6.42 Å². The number of nitrogens with zero attached hydrogens (tertiary/aromatic N) is 1. The van der Waals surface area contributed by atoms with Crippen molar-refractivity contribution in [1.29, 1.82) is 0 Å². The van der Waals surface area contributed by atoms with Crippen molar-refractivity contribution in [2.45, 2.75) is 6.42 Å². The minimum Gasteiger partial charge on any atom is -0.438 e. The van der Waals surface area contributed by atoms with E-state index in [1.165, 1.54) is 6.21 Å². The third-order valence-corrected chi connectivity index (χ3v) is 7.83. The van der Waals surface area contributed by atoms with Crippen molar-refractivity contribution in [3.05, 3.63) is 91.0 Å². The molecular formula is C21H19NO2Si. The minimum absolute atomic E-state index is 0.239. The number of benzene rings is 3. The van der Waals surface area contributed by atoms with Crippen molar-refractivity contribution in [1.82, 2.24) is 0 Å². The normalized spacial score (nSPS) is 11.4. The summed E-state index contributed by atoms with van der Waals surface area (Å²) in [6, 6.07) is 30.6. The van der Waals surface area contributed by atoms with Gasteiger partial charge in [0, 0.05) is 12.6 Å². The van der Waals surface area contributed by atoms with Gasteiger partial charge in [0.25, 0.3) is 0 Å². The van der Waals surface area contributed by atoms with E-state index < -0.39 is 8.32 Å². The first-order valence-corrected chi connectivity index (χ1v) is 10.1. The van der Waals surface area contributed by atoms with Gasteiger partial charge >= 0.3 is 8.32 Å². The molecule has 0 heterocycles. The molecule has 0 fully saturated rings. The molecule has 0 radical (unpaired) electrons. The maximum atomic E-state index is 10.6. The third kappa shape index (κ3) is 3.59. The summed E-state index contributed by atoms with van der Waals surface area (Å²) in [5.41, 5.74) is 0. The van der Waals surface area contributed by atoms with Crippen molar-refractivity contribution < 1.29 is 9.32 Å². The lowest BCUT2D eigenvalue weighted by Crippen LogP contribution is -2.68. The summed E-state index contributed by atoms with van der Waals surface area (Å²) in [5, 5.41) is 7.49. The lowest BCUT2D eigenvalue weighted by atomic mass is 10.3. The van der Waals surface area contributed by atoms with Crippen LogP contribution in [0.2, 0.25) is 0 Å². The van der Waals surface area contributed by atoms with Crippen molar-refractivity contribution in [2.24, 2.45) is 5.16 Å². The van der Waals surface area contributed by atoms with Crippen LogP contribution < -0.4 is 15.6 Å². The van der Waals surface area contributed by atoms with E-state index in [0.29, 0.717) is 0 Å². The summed E-state index contributed by atoms with van der Waals surface area (Å²) < 4.78 is 6.24. The summed E-state index contributed by atoms with van der Waals surface area (Å²) in [7, 11) is -2.79. The predicted octanol–water partition coefficient (Wildman–Crippen LogP) is 2.24. The van der Waals surface area contributed by atoms with Gasteiger partial charge in [0.15, 0.2) is 0 Å². The molecule has 0 aliphatic carbocycles. The van der Waals surface area contributed by atoms with Gasteiger partial charge in [-0.3, -0.25) is 0 Å². The topological polar surface area (TPSA) is 38.7 Å². The molecule has 0 aliphatic heterocycles. The number of hydrogen-bond acceptors (Lipinski definition) is 3. The van der Waals surface area contributed by atoms with E-state index in [0.717, 1.165) is 21.8 Å². The van der Waals surface area contributed by atoms with Crippen LogP contribution in [0.25, 0.3) is 0 Å². The average Bonchev–Trinajstić information content (AvgIpc) is 2.70. The van der Waals surface area contributed by atoms with E-state index >= 15 is 0 Å². The molecule has 0 unspecified atom stereocenters. The minimum atomic E-state index is -2.79. The van der Waals surface area contributed by atoms with Crippen LogP contribution in [0.15, 0.2) is 96.2 Å². The Balaban J connectivity index is 2.22. The van der Waals surface area contributed by atoms with Gasteiger partial charge in [-0.1, -0.05) is 91.0 Å². The first-order chi connectivity index (χ1) is 12.4. The molecule has 0 bridgehead atoms. The number of rotatable bonds is 7. The fourth-order valence-corrected chi connectivity index (χ4v) is 6.41. The Morgan fingerprint density at radius 1 is 0.720 bits per heavy atom. The molecule has 3 rings (SSSR count). The Morgan fingerprint density at radius 2 is 1.12 bits per heavy atom. The molecule has 4 heteroatoms. The van der Waals surface area contributed by atoms with Gasteiger partial charge in [-0.15, -0.1) is 5.16 Å². The fraction of sp³-hybridized carbons (Fsp3) is 0.0476. The van der Waals surface area contributed by atoms with Crippen molar-refractivity contribution in [3.63, 3.8) is 0 Å². The lowest BCUT2D eigenvalue weighted by Gasteiger charge is -2.29. The van der Waals surface area contributed by atoms with Crippen LogP contribution in [0.1, 0.15) is 6.42 Å². The molecule has 0 N–H and O–H groups in total. The number of carbonyl (C=O) groups is 1. The molecule has 0 aliphatic rings. The van der Waals surface area contributed by atoms with Gasteiger partial charge < -0.3 is 9.32 Å². The number of oxime groups is 1. The van der Waals surface area contributed by atoms with E-state index in [1.54, 1.807) is 0 Å². The zero-order valence-corrected chi connectivity index (χ0v) is 14.8. The second-order valence-electron chi connectivity index (χ2n) is 5.56. The maximum Gasteiger partial charge on any atom is 0.380 e. The summed E-state index contributed by atoms with van der Waals surface area (Å²) >= 11 is 0. The van der Waals surface area contributed by atoms with E-state index in [9.17, 15) is 4.79 Å². The molecule has 3 aromatic carbocycles. The summed E-state index contributed by atoms with van der Waals surface area (Å²) in [6.07, 6.45) is 2.57. The SMILES string of the molecule is O=CCC=NO[Si](c1ccccc1)(c1ccccc1)c1ccccc1. The smallest absolute Gasteiger partial charge is 0.380 e. The molecule has 0 aromatic heterocycles. The molecule has 0 spiro atoms. The van der Waals surface area contributed by atoms with Crippen LogP contribution in [0.5, 0.6) is 0 Å². The third-order valence-electron chi connectivity index (χ3n) is 4.01. The number of hydrogen-bond donors (Lipinski definition) is 0. The van der Waals surface area contributed by atoms with Crippen LogP contribution in [-0.2, 0) is 9.32 Å². The van der Waals surface area contributed by atoms with Gasteiger partial charge in [-0.05, 0) is 15.6 Å². The average molecular weight is 345 g/mol. The zero-order chi connectivity index (χ0) is 17.4. The van der Waals surface area contributed by atoms with Gasteiger partial charge in [0.2, 0.25) is 0 Å². The van der Waals surface area contributed by atoms with E-state index in [4.69, 9.17) is 4.53 Å². The van der Waals surface area contributed by atoms with Crippen molar-refractivity contribution in [3.8, 4) is 0 Å². The van der Waals surface area contributed by atoms with Gasteiger partial charge in [0.1, 0.15) is 6.29 Å². The molecule has 0 saturated carbocycles. The summed E-state index contributed by atoms with van der Waals surface area (Å²) in [5.74, 6) is 0. The van der Waals surface area contributed by atoms with Crippen LogP contribution in [0, 0.1) is 0 Å². The monoisotopic (exact) mass is 345 g/mol. The molecule has 0 amide bonds. The molecular weight excluding hydrogens is 326 g/mol. The molecule has 25 heavy (non-hydrogen) atoms. The Morgan fingerprint density at radius 3 is 1.48 bits per heavy atom. The molecule has 0 atom stereocenters. The second kappa shape index (κ2) is 8.21. The Bertz CT molecular complexity index is 724. The van der Waals surface area contributed by atoms with Gasteiger partial charge in [0.05, 0.1) is 0 Å². The highest BCUT2D eigenvalue weighted by Gasteiger charge is 2.44. The van der Waals surface area contributed by atoms with Crippen molar-refractivity contribution in [2.75, 3.05) is 0 Å².